The predicted octanol–water partition coefficient (Wildman–Crippen LogP) is 5.48. The normalized spacial score (nSPS) is 19.5. The predicted molar refractivity (Wildman–Crippen MR) is 152 cm³/mol. The van der Waals surface area contributed by atoms with Crippen LogP contribution in [-0.2, 0) is 0 Å². The van der Waals surface area contributed by atoms with Crippen molar-refractivity contribution in [1.82, 2.24) is 20.1 Å². The van der Waals surface area contributed by atoms with Gasteiger partial charge in [0.25, 0.3) is 5.91 Å². The van der Waals surface area contributed by atoms with Gasteiger partial charge < -0.3 is 10.2 Å². The molecule has 1 aromatic carbocycles. The molecule has 2 aliphatic heterocycles. The Hall–Kier alpha value is -2.90. The number of nitrogens with zero attached hydrogens (tertiary/aromatic N) is 4. The molecule has 0 spiro atoms. The maximum absolute atomic E-state index is 13.3. The van der Waals surface area contributed by atoms with Gasteiger partial charge in [-0.2, -0.15) is 0 Å². The lowest BCUT2D eigenvalue weighted by Gasteiger charge is -2.27. The summed E-state index contributed by atoms with van der Waals surface area (Å²) in [4.78, 5) is 36.9. The third kappa shape index (κ3) is 5.74. The lowest BCUT2D eigenvalue weighted by molar-refractivity contribution is 0.0818. The third-order valence-corrected chi connectivity index (χ3v) is 8.63. The molecule has 3 amide bonds. The Morgan fingerprint density at radius 1 is 1.11 bits per heavy atom. The molecule has 3 heterocycles. The van der Waals surface area contributed by atoms with Crippen LogP contribution >= 0.6 is 11.6 Å². The number of nitrogens with one attached hydrogen (secondary N) is 1. The molecule has 0 bridgehead atoms. The van der Waals surface area contributed by atoms with Crippen molar-refractivity contribution in [3.05, 3.63) is 69.6 Å². The number of likely N-dealkylation sites (tertiary alicyclic amines) is 1. The number of fused-ring (bicyclic) bond motifs is 1. The second-order valence-corrected chi connectivity index (χ2v) is 11.5. The number of carbonyl (C=O) groups excluding carboxylic acids is 2. The topological polar surface area (TPSA) is 68.8 Å². The molecule has 38 heavy (non-hydrogen) atoms. The van der Waals surface area contributed by atoms with Crippen molar-refractivity contribution >= 4 is 29.2 Å². The second kappa shape index (κ2) is 11.5. The van der Waals surface area contributed by atoms with E-state index in [4.69, 9.17) is 11.6 Å². The second-order valence-electron chi connectivity index (χ2n) is 11.1. The number of hydrogen-bond donors (Lipinski definition) is 1. The van der Waals surface area contributed by atoms with Crippen molar-refractivity contribution in [2.75, 3.05) is 37.6 Å². The number of hydrogen-bond acceptors (Lipinski definition) is 4. The van der Waals surface area contributed by atoms with E-state index in [0.29, 0.717) is 23.0 Å². The molecule has 2 aromatic rings. The smallest absolute Gasteiger partial charge is 0.322 e. The molecule has 1 saturated heterocycles. The van der Waals surface area contributed by atoms with Gasteiger partial charge in [0.2, 0.25) is 0 Å². The highest BCUT2D eigenvalue weighted by atomic mass is 35.5. The van der Waals surface area contributed by atoms with Crippen LogP contribution in [-0.4, -0.2) is 65.5 Å². The van der Waals surface area contributed by atoms with E-state index < -0.39 is 0 Å². The van der Waals surface area contributed by atoms with Crippen molar-refractivity contribution in [1.29, 1.82) is 0 Å². The largest absolute Gasteiger partial charge is 0.335 e. The molecule has 0 radical (unpaired) electrons. The number of benzene rings is 1. The Labute approximate surface area is 230 Å². The van der Waals surface area contributed by atoms with E-state index in [0.717, 1.165) is 67.9 Å². The van der Waals surface area contributed by atoms with Crippen molar-refractivity contribution in [2.45, 2.75) is 58.9 Å². The summed E-state index contributed by atoms with van der Waals surface area (Å²) in [5.74, 6) is 0.413. The molecule has 2 fully saturated rings. The van der Waals surface area contributed by atoms with Gasteiger partial charge in [0, 0.05) is 67.8 Å². The summed E-state index contributed by atoms with van der Waals surface area (Å²) < 4.78 is 0. The number of carbonyl (C=O) groups is 2. The van der Waals surface area contributed by atoms with E-state index >= 15 is 0 Å². The van der Waals surface area contributed by atoms with Crippen LogP contribution in [0.4, 0.5) is 10.5 Å². The van der Waals surface area contributed by atoms with Crippen molar-refractivity contribution in [3.63, 3.8) is 0 Å². The lowest BCUT2D eigenvalue weighted by atomic mass is 10.1. The van der Waals surface area contributed by atoms with Crippen molar-refractivity contribution in [3.8, 4) is 0 Å². The molecule has 5 rings (SSSR count). The molecule has 1 aromatic heterocycles. The zero-order valence-corrected chi connectivity index (χ0v) is 23.4. The zero-order valence-electron chi connectivity index (χ0n) is 22.7. The van der Waals surface area contributed by atoms with Gasteiger partial charge in [0.15, 0.2) is 0 Å². The van der Waals surface area contributed by atoms with Crippen LogP contribution in [0.25, 0.3) is 0 Å². The van der Waals surface area contributed by atoms with Crippen LogP contribution in [0.1, 0.15) is 59.3 Å². The first-order valence-electron chi connectivity index (χ1n) is 13.8. The van der Waals surface area contributed by atoms with Crippen LogP contribution in [0.3, 0.4) is 0 Å². The monoisotopic (exact) mass is 535 g/mol. The first-order chi connectivity index (χ1) is 18.3. The molecule has 1 N–H and O–H groups in total. The van der Waals surface area contributed by atoms with Gasteiger partial charge >= 0.3 is 6.03 Å². The minimum Gasteiger partial charge on any atom is -0.335 e. The van der Waals surface area contributed by atoms with E-state index in [-0.39, 0.29) is 18.0 Å². The first kappa shape index (κ1) is 26.7. The molecule has 1 saturated carbocycles. The van der Waals surface area contributed by atoms with Crippen LogP contribution in [0.2, 0.25) is 5.02 Å². The van der Waals surface area contributed by atoms with Crippen molar-refractivity contribution < 1.29 is 9.59 Å². The van der Waals surface area contributed by atoms with Crippen LogP contribution in [0.5, 0.6) is 0 Å². The maximum atomic E-state index is 13.3. The maximum Gasteiger partial charge on any atom is 0.322 e. The summed E-state index contributed by atoms with van der Waals surface area (Å²) in [5, 5.41) is 3.92. The van der Waals surface area contributed by atoms with Crippen molar-refractivity contribution in [2.24, 2.45) is 5.92 Å². The molecular formula is C30H38ClN5O2. The summed E-state index contributed by atoms with van der Waals surface area (Å²) in [6.07, 6.45) is 9.13. The molecule has 1 aliphatic carbocycles. The number of aromatic nitrogens is 1. The standard InChI is InChI=1S/C30H38ClN5O2/c1-20-9-10-26(15-27(20)31)36(30(38)33-25-7-4-5-8-25)14-6-13-34-16-23-18-35(19-24(23)17-34)29(37)28-21(2)11-12-32-22(28)3/h9-12,15,18,24-25H,4-8,13-14,16-17,19H2,1-3H3,(H,33,38). The quantitative estimate of drug-likeness (QED) is 0.509. The van der Waals surface area contributed by atoms with E-state index in [2.05, 4.69) is 21.4 Å². The van der Waals surface area contributed by atoms with Gasteiger partial charge in [-0.1, -0.05) is 30.5 Å². The SMILES string of the molecule is Cc1ccc(N(CCCN2CC3=CN(C(=O)c4c(C)ccnc4C)CC3C2)C(=O)NC2CCCC2)cc1Cl. The number of halogens is 1. The van der Waals surface area contributed by atoms with Gasteiger partial charge in [-0.25, -0.2) is 4.79 Å². The fraction of sp³-hybridized carbons (Fsp3) is 0.500. The minimum absolute atomic E-state index is 0.0343. The summed E-state index contributed by atoms with van der Waals surface area (Å²) in [5.41, 5.74) is 5.63. The van der Waals surface area contributed by atoms with Gasteiger partial charge in [0.05, 0.1) is 11.3 Å². The molecule has 8 heteroatoms. The summed E-state index contributed by atoms with van der Waals surface area (Å²) in [7, 11) is 0. The van der Waals surface area contributed by atoms with Crippen LogP contribution < -0.4 is 10.2 Å². The van der Waals surface area contributed by atoms with Crippen LogP contribution in [0.15, 0.2) is 42.2 Å². The fourth-order valence-corrected chi connectivity index (χ4v) is 6.21. The Morgan fingerprint density at radius 3 is 2.61 bits per heavy atom. The summed E-state index contributed by atoms with van der Waals surface area (Å²) in [6, 6.07) is 7.98. The third-order valence-electron chi connectivity index (χ3n) is 8.22. The Bertz CT molecular complexity index is 1220. The minimum atomic E-state index is -0.0343. The molecular weight excluding hydrogens is 498 g/mol. The van der Waals surface area contributed by atoms with Crippen LogP contribution in [0, 0.1) is 26.7 Å². The number of urea groups is 1. The highest BCUT2D eigenvalue weighted by Crippen LogP contribution is 2.31. The van der Waals surface area contributed by atoms with Gasteiger partial charge in [0.1, 0.15) is 0 Å². The number of amides is 3. The summed E-state index contributed by atoms with van der Waals surface area (Å²) in [6.45, 7) is 9.88. The average molecular weight is 536 g/mol. The highest BCUT2D eigenvalue weighted by Gasteiger charge is 2.36. The average Bonchev–Trinajstić information content (AvgIpc) is 3.61. The molecule has 1 unspecified atom stereocenters. The molecule has 202 valence electrons. The van der Waals surface area contributed by atoms with Gasteiger partial charge in [-0.05, 0) is 74.9 Å². The number of aryl methyl sites for hydroxylation is 3. The van der Waals surface area contributed by atoms with Gasteiger partial charge in [-0.15, -0.1) is 0 Å². The first-order valence-corrected chi connectivity index (χ1v) is 14.2. The van der Waals surface area contributed by atoms with E-state index in [9.17, 15) is 9.59 Å². The van der Waals surface area contributed by atoms with E-state index in [1.165, 1.54) is 18.4 Å². The Balaban J connectivity index is 1.19. The number of rotatable bonds is 7. The van der Waals surface area contributed by atoms with E-state index in [1.54, 1.807) is 6.20 Å². The lowest BCUT2D eigenvalue weighted by Crippen LogP contribution is -2.45. The Morgan fingerprint density at radius 2 is 1.89 bits per heavy atom. The highest BCUT2D eigenvalue weighted by molar-refractivity contribution is 6.31. The summed E-state index contributed by atoms with van der Waals surface area (Å²) >= 11 is 6.41. The Kier molecular flexibility index (Phi) is 8.05. The zero-order chi connectivity index (χ0) is 26.8. The molecule has 3 aliphatic rings. The van der Waals surface area contributed by atoms with Gasteiger partial charge in [-0.3, -0.25) is 19.6 Å². The number of anilines is 1. The fourth-order valence-electron chi connectivity index (χ4n) is 6.04. The van der Waals surface area contributed by atoms with E-state index in [1.807, 2.05) is 54.8 Å². The molecule has 7 nitrogen and oxygen atoms in total. The molecule has 1 atom stereocenters. The number of pyridine rings is 1.